The van der Waals surface area contributed by atoms with E-state index < -0.39 is 0 Å². The lowest BCUT2D eigenvalue weighted by Crippen LogP contribution is -2.61. The van der Waals surface area contributed by atoms with Gasteiger partial charge in [0.25, 0.3) is 0 Å². The van der Waals surface area contributed by atoms with Gasteiger partial charge >= 0.3 is 0 Å². The third-order valence-corrected chi connectivity index (χ3v) is 4.79. The fourth-order valence-electron chi connectivity index (χ4n) is 3.00. The second-order valence-corrected chi connectivity index (χ2v) is 6.67. The zero-order valence-corrected chi connectivity index (χ0v) is 13.3. The Hall–Kier alpha value is -1.55. The molecule has 4 nitrogen and oxygen atoms in total. The Bertz CT molecular complexity index is 496. The molecule has 0 saturated heterocycles. The smallest absolute Gasteiger partial charge is 0.220 e. The summed E-state index contributed by atoms with van der Waals surface area (Å²) < 4.78 is 5.41. The third kappa shape index (κ3) is 3.38. The van der Waals surface area contributed by atoms with Crippen molar-refractivity contribution in [3.8, 4) is 0 Å². The van der Waals surface area contributed by atoms with Gasteiger partial charge in [0, 0.05) is 30.7 Å². The maximum absolute atomic E-state index is 12.2. The number of carbonyl (C=O) groups excluding carboxylic acids is 1. The van der Waals surface area contributed by atoms with Gasteiger partial charge in [-0.05, 0) is 30.0 Å². The van der Waals surface area contributed by atoms with E-state index in [9.17, 15) is 4.79 Å². The van der Waals surface area contributed by atoms with E-state index in [4.69, 9.17) is 10.5 Å². The van der Waals surface area contributed by atoms with Crippen LogP contribution in [0.5, 0.6) is 0 Å². The van der Waals surface area contributed by atoms with Gasteiger partial charge in [-0.2, -0.15) is 0 Å². The van der Waals surface area contributed by atoms with E-state index in [1.54, 1.807) is 7.11 Å². The van der Waals surface area contributed by atoms with E-state index in [2.05, 4.69) is 26.1 Å². The summed E-state index contributed by atoms with van der Waals surface area (Å²) in [6, 6.07) is 7.93. The van der Waals surface area contributed by atoms with Gasteiger partial charge in [-0.1, -0.05) is 32.9 Å². The standard InChI is InChI=1S/C17H26N2O2/c1-11(12-5-7-13(18)8-6-12)9-16(20)19-14-10-15(21-4)17(14,2)3/h5-8,11,14-15H,9-10,18H2,1-4H3,(H,19,20). The first-order valence-corrected chi connectivity index (χ1v) is 7.52. The molecule has 0 aliphatic heterocycles. The van der Waals surface area contributed by atoms with Crippen molar-refractivity contribution in [3.05, 3.63) is 29.8 Å². The van der Waals surface area contributed by atoms with Crippen LogP contribution in [0.3, 0.4) is 0 Å². The number of anilines is 1. The molecule has 21 heavy (non-hydrogen) atoms. The number of benzene rings is 1. The fourth-order valence-corrected chi connectivity index (χ4v) is 3.00. The first-order chi connectivity index (χ1) is 9.84. The molecular formula is C17H26N2O2. The number of hydrogen-bond acceptors (Lipinski definition) is 3. The largest absolute Gasteiger partial charge is 0.399 e. The quantitative estimate of drug-likeness (QED) is 0.819. The second kappa shape index (κ2) is 6.06. The second-order valence-electron chi connectivity index (χ2n) is 6.67. The molecule has 4 heteroatoms. The van der Waals surface area contributed by atoms with Gasteiger partial charge in [-0.25, -0.2) is 0 Å². The highest BCUT2D eigenvalue weighted by Gasteiger charge is 2.49. The highest BCUT2D eigenvalue weighted by Crippen LogP contribution is 2.42. The van der Waals surface area contributed by atoms with Gasteiger partial charge in [0.15, 0.2) is 0 Å². The number of rotatable bonds is 5. The third-order valence-electron chi connectivity index (χ3n) is 4.79. The van der Waals surface area contributed by atoms with E-state index in [1.807, 2.05) is 24.3 Å². The van der Waals surface area contributed by atoms with Crippen LogP contribution in [0.25, 0.3) is 0 Å². The average Bonchev–Trinajstić information content (AvgIpc) is 2.43. The number of ether oxygens (including phenoxy) is 1. The first-order valence-electron chi connectivity index (χ1n) is 7.52. The zero-order chi connectivity index (χ0) is 15.6. The summed E-state index contributed by atoms with van der Waals surface area (Å²) in [6.07, 6.45) is 1.62. The Morgan fingerprint density at radius 3 is 2.57 bits per heavy atom. The predicted octanol–water partition coefficient (Wildman–Crippen LogP) is 2.69. The number of nitrogens with one attached hydrogen (secondary N) is 1. The number of nitrogens with two attached hydrogens (primary N) is 1. The van der Waals surface area contributed by atoms with Crippen molar-refractivity contribution in [2.24, 2.45) is 5.41 Å². The van der Waals surface area contributed by atoms with Crippen molar-refractivity contribution >= 4 is 11.6 Å². The number of hydrogen-bond donors (Lipinski definition) is 2. The highest BCUT2D eigenvalue weighted by atomic mass is 16.5. The van der Waals surface area contributed by atoms with Crippen molar-refractivity contribution in [2.75, 3.05) is 12.8 Å². The predicted molar refractivity (Wildman–Crippen MR) is 85.0 cm³/mol. The first kappa shape index (κ1) is 15.8. The van der Waals surface area contributed by atoms with Crippen LogP contribution in [0.4, 0.5) is 5.69 Å². The molecule has 1 aliphatic rings. The molecular weight excluding hydrogens is 264 g/mol. The molecule has 0 spiro atoms. The van der Waals surface area contributed by atoms with Crippen molar-refractivity contribution in [2.45, 2.75) is 51.7 Å². The fraction of sp³-hybridized carbons (Fsp3) is 0.588. The minimum absolute atomic E-state index is 0.00878. The molecule has 0 radical (unpaired) electrons. The normalized spacial score (nSPS) is 25.0. The monoisotopic (exact) mass is 290 g/mol. The number of amides is 1. The Balaban J connectivity index is 1.86. The van der Waals surface area contributed by atoms with Crippen LogP contribution in [0.2, 0.25) is 0 Å². The molecule has 1 aromatic carbocycles. The molecule has 1 saturated carbocycles. The van der Waals surface area contributed by atoms with E-state index in [1.165, 1.54) is 0 Å². The van der Waals surface area contributed by atoms with Crippen LogP contribution in [0.15, 0.2) is 24.3 Å². The van der Waals surface area contributed by atoms with Crippen molar-refractivity contribution in [1.29, 1.82) is 0 Å². The van der Waals surface area contributed by atoms with Crippen LogP contribution < -0.4 is 11.1 Å². The molecule has 0 bridgehead atoms. The van der Waals surface area contributed by atoms with Gasteiger partial charge in [0.05, 0.1) is 6.10 Å². The summed E-state index contributed by atoms with van der Waals surface area (Å²) >= 11 is 0. The maximum atomic E-state index is 12.2. The molecule has 1 aromatic rings. The lowest BCUT2D eigenvalue weighted by Gasteiger charge is -2.51. The summed E-state index contributed by atoms with van der Waals surface area (Å²) in [4.78, 5) is 12.2. The number of nitrogen functional groups attached to an aromatic ring is 1. The molecule has 0 aromatic heterocycles. The summed E-state index contributed by atoms with van der Waals surface area (Å²) in [5.41, 5.74) is 7.58. The van der Waals surface area contributed by atoms with E-state index in [0.29, 0.717) is 6.42 Å². The SMILES string of the molecule is COC1CC(NC(=O)CC(C)c2ccc(N)cc2)C1(C)C. The molecule has 1 amide bonds. The van der Waals surface area contributed by atoms with Crippen LogP contribution in [-0.4, -0.2) is 25.2 Å². The van der Waals surface area contributed by atoms with Gasteiger partial charge < -0.3 is 15.8 Å². The van der Waals surface area contributed by atoms with E-state index in [0.717, 1.165) is 17.7 Å². The highest BCUT2D eigenvalue weighted by molar-refractivity contribution is 5.77. The van der Waals surface area contributed by atoms with Gasteiger partial charge in [0.1, 0.15) is 0 Å². The molecule has 3 unspecified atom stereocenters. The van der Waals surface area contributed by atoms with Crippen LogP contribution in [0, 0.1) is 5.41 Å². The maximum Gasteiger partial charge on any atom is 0.220 e. The van der Waals surface area contributed by atoms with Gasteiger partial charge in [-0.15, -0.1) is 0 Å². The van der Waals surface area contributed by atoms with E-state index >= 15 is 0 Å². The Kier molecular flexibility index (Phi) is 4.57. The van der Waals surface area contributed by atoms with Crippen LogP contribution in [0.1, 0.15) is 45.1 Å². The molecule has 1 aliphatic carbocycles. The molecule has 116 valence electrons. The van der Waals surface area contributed by atoms with E-state index in [-0.39, 0.29) is 29.4 Å². The van der Waals surface area contributed by atoms with Crippen molar-refractivity contribution in [1.82, 2.24) is 5.32 Å². The Morgan fingerprint density at radius 2 is 2.05 bits per heavy atom. The Morgan fingerprint density at radius 1 is 1.43 bits per heavy atom. The minimum Gasteiger partial charge on any atom is -0.399 e. The Labute approximate surface area is 127 Å². The molecule has 3 atom stereocenters. The number of methoxy groups -OCH3 is 1. The zero-order valence-electron chi connectivity index (χ0n) is 13.3. The van der Waals surface area contributed by atoms with Crippen LogP contribution in [-0.2, 0) is 9.53 Å². The molecule has 0 heterocycles. The molecule has 1 fully saturated rings. The average molecular weight is 290 g/mol. The summed E-state index contributed by atoms with van der Waals surface area (Å²) in [5, 5.41) is 3.14. The lowest BCUT2D eigenvalue weighted by atomic mass is 9.64. The summed E-state index contributed by atoms with van der Waals surface area (Å²) in [5.74, 6) is 0.291. The number of carbonyl (C=O) groups is 1. The van der Waals surface area contributed by atoms with Gasteiger partial charge in [0.2, 0.25) is 5.91 Å². The molecule has 2 rings (SSSR count). The van der Waals surface area contributed by atoms with Crippen molar-refractivity contribution in [3.63, 3.8) is 0 Å². The topological polar surface area (TPSA) is 64.3 Å². The summed E-state index contributed by atoms with van der Waals surface area (Å²) in [6.45, 7) is 6.34. The lowest BCUT2D eigenvalue weighted by molar-refractivity contribution is -0.132. The van der Waals surface area contributed by atoms with Gasteiger partial charge in [-0.3, -0.25) is 4.79 Å². The minimum atomic E-state index is 0.00878. The van der Waals surface area contributed by atoms with Crippen LogP contribution >= 0.6 is 0 Å². The van der Waals surface area contributed by atoms with Crippen molar-refractivity contribution < 1.29 is 9.53 Å². The summed E-state index contributed by atoms with van der Waals surface area (Å²) in [7, 11) is 1.73. The molecule has 3 N–H and O–H groups in total.